The van der Waals surface area contributed by atoms with Crippen molar-refractivity contribution in [2.45, 2.75) is 19.6 Å². The summed E-state index contributed by atoms with van der Waals surface area (Å²) in [6, 6.07) is 7.44. The van der Waals surface area contributed by atoms with Crippen LogP contribution in [-0.2, 0) is 22.7 Å². The Morgan fingerprint density at radius 2 is 2.11 bits per heavy atom. The molecule has 0 aliphatic heterocycles. The summed E-state index contributed by atoms with van der Waals surface area (Å²) >= 11 is 0. The SMILES string of the molecule is COc1ccc(COC(=O)CCn2ccnc2)cc1. The lowest BCUT2D eigenvalue weighted by atomic mass is 10.2. The maximum absolute atomic E-state index is 11.6. The number of aryl methyl sites for hydroxylation is 1. The van der Waals surface area contributed by atoms with Crippen molar-refractivity contribution in [3.8, 4) is 5.75 Å². The Kier molecular flexibility index (Phi) is 4.55. The quantitative estimate of drug-likeness (QED) is 0.746. The van der Waals surface area contributed by atoms with Crippen molar-refractivity contribution < 1.29 is 14.3 Å². The number of carbonyl (C=O) groups excluding carboxylic acids is 1. The van der Waals surface area contributed by atoms with Gasteiger partial charge in [-0.05, 0) is 17.7 Å². The van der Waals surface area contributed by atoms with Crippen molar-refractivity contribution in [2.24, 2.45) is 0 Å². The molecule has 0 amide bonds. The van der Waals surface area contributed by atoms with Gasteiger partial charge in [-0.2, -0.15) is 0 Å². The lowest BCUT2D eigenvalue weighted by Crippen LogP contribution is -2.08. The Bertz CT molecular complexity index is 506. The fraction of sp³-hybridized carbons (Fsp3) is 0.286. The molecule has 2 aromatic rings. The van der Waals surface area contributed by atoms with Crippen LogP contribution in [0.5, 0.6) is 5.75 Å². The van der Waals surface area contributed by atoms with Crippen LogP contribution in [0.2, 0.25) is 0 Å². The summed E-state index contributed by atoms with van der Waals surface area (Å²) in [5, 5.41) is 0. The minimum absolute atomic E-state index is 0.218. The standard InChI is InChI=1S/C14H16N2O3/c1-18-13-4-2-12(3-5-13)10-19-14(17)6-8-16-9-7-15-11-16/h2-5,7,9,11H,6,8,10H2,1H3. The van der Waals surface area contributed by atoms with Crippen molar-refractivity contribution in [1.82, 2.24) is 9.55 Å². The Labute approximate surface area is 111 Å². The topological polar surface area (TPSA) is 53.4 Å². The van der Waals surface area contributed by atoms with Gasteiger partial charge in [-0.3, -0.25) is 4.79 Å². The predicted molar refractivity (Wildman–Crippen MR) is 69.6 cm³/mol. The third-order valence-electron chi connectivity index (χ3n) is 2.69. The first-order valence-electron chi connectivity index (χ1n) is 6.02. The predicted octanol–water partition coefficient (Wildman–Crippen LogP) is 2.03. The van der Waals surface area contributed by atoms with Crippen LogP contribution < -0.4 is 4.74 Å². The summed E-state index contributed by atoms with van der Waals surface area (Å²) in [5.41, 5.74) is 0.941. The Balaban J connectivity index is 1.73. The van der Waals surface area contributed by atoms with Gasteiger partial charge in [0.2, 0.25) is 0 Å². The zero-order chi connectivity index (χ0) is 13.5. The maximum Gasteiger partial charge on any atom is 0.307 e. The van der Waals surface area contributed by atoms with Gasteiger partial charge in [-0.15, -0.1) is 0 Å². The first-order valence-corrected chi connectivity index (χ1v) is 6.02. The zero-order valence-corrected chi connectivity index (χ0v) is 10.8. The molecule has 0 bridgehead atoms. The molecule has 0 unspecified atom stereocenters. The van der Waals surface area contributed by atoms with E-state index in [4.69, 9.17) is 9.47 Å². The molecule has 0 spiro atoms. The van der Waals surface area contributed by atoms with Crippen LogP contribution in [0.25, 0.3) is 0 Å². The molecule has 5 heteroatoms. The molecule has 1 aromatic heterocycles. The summed E-state index contributed by atoms with van der Waals surface area (Å²) in [6.07, 6.45) is 5.52. The lowest BCUT2D eigenvalue weighted by Gasteiger charge is -2.06. The van der Waals surface area contributed by atoms with Gasteiger partial charge in [0.15, 0.2) is 0 Å². The van der Waals surface area contributed by atoms with Gasteiger partial charge in [0, 0.05) is 18.9 Å². The number of hydrogen-bond donors (Lipinski definition) is 0. The molecular weight excluding hydrogens is 244 g/mol. The van der Waals surface area contributed by atoms with Gasteiger partial charge in [0.25, 0.3) is 0 Å². The summed E-state index contributed by atoms with van der Waals surface area (Å²) < 4.78 is 12.1. The molecule has 1 aromatic carbocycles. The third kappa shape index (κ3) is 4.13. The van der Waals surface area contributed by atoms with Gasteiger partial charge >= 0.3 is 5.97 Å². The molecule has 0 atom stereocenters. The van der Waals surface area contributed by atoms with Gasteiger partial charge in [-0.1, -0.05) is 12.1 Å². The molecule has 0 N–H and O–H groups in total. The number of rotatable bonds is 6. The van der Waals surface area contributed by atoms with E-state index in [1.807, 2.05) is 35.0 Å². The van der Waals surface area contributed by atoms with Crippen LogP contribution in [-0.4, -0.2) is 22.6 Å². The van der Waals surface area contributed by atoms with Crippen LogP contribution in [0.4, 0.5) is 0 Å². The van der Waals surface area contributed by atoms with E-state index >= 15 is 0 Å². The Hall–Kier alpha value is -2.30. The molecule has 5 nitrogen and oxygen atoms in total. The summed E-state index contributed by atoms with van der Waals surface area (Å²) in [7, 11) is 1.62. The highest BCUT2D eigenvalue weighted by Crippen LogP contribution is 2.12. The number of benzene rings is 1. The molecule has 0 radical (unpaired) electrons. The smallest absolute Gasteiger partial charge is 0.307 e. The fourth-order valence-electron chi connectivity index (χ4n) is 1.60. The largest absolute Gasteiger partial charge is 0.497 e. The van der Waals surface area contributed by atoms with Crippen molar-refractivity contribution in [3.05, 3.63) is 48.5 Å². The molecule has 0 saturated heterocycles. The number of ether oxygens (including phenoxy) is 2. The molecule has 0 aliphatic rings. The first kappa shape index (κ1) is 13.1. The van der Waals surface area contributed by atoms with Gasteiger partial charge in [0.05, 0.1) is 19.9 Å². The fourth-order valence-corrected chi connectivity index (χ4v) is 1.60. The summed E-state index contributed by atoms with van der Waals surface area (Å²) in [6.45, 7) is 0.869. The second-order valence-corrected chi connectivity index (χ2v) is 4.06. The minimum Gasteiger partial charge on any atom is -0.497 e. The third-order valence-corrected chi connectivity index (χ3v) is 2.69. The number of aromatic nitrogens is 2. The van der Waals surface area contributed by atoms with E-state index in [1.54, 1.807) is 19.6 Å². The minimum atomic E-state index is -0.218. The van der Waals surface area contributed by atoms with Gasteiger partial charge < -0.3 is 14.0 Å². The number of imidazole rings is 1. The van der Waals surface area contributed by atoms with Crippen molar-refractivity contribution in [3.63, 3.8) is 0 Å². The summed E-state index contributed by atoms with van der Waals surface area (Å²) in [4.78, 5) is 15.5. The van der Waals surface area contributed by atoms with E-state index in [0.29, 0.717) is 13.0 Å². The highest BCUT2D eigenvalue weighted by atomic mass is 16.5. The number of methoxy groups -OCH3 is 1. The van der Waals surface area contributed by atoms with Crippen LogP contribution >= 0.6 is 0 Å². The van der Waals surface area contributed by atoms with E-state index in [9.17, 15) is 4.79 Å². The van der Waals surface area contributed by atoms with E-state index in [1.165, 1.54) is 0 Å². The van der Waals surface area contributed by atoms with Crippen LogP contribution in [0.15, 0.2) is 43.0 Å². The molecule has 19 heavy (non-hydrogen) atoms. The van der Waals surface area contributed by atoms with Crippen LogP contribution in [0, 0.1) is 0 Å². The van der Waals surface area contributed by atoms with Crippen LogP contribution in [0.3, 0.4) is 0 Å². The highest BCUT2D eigenvalue weighted by Gasteiger charge is 2.04. The average molecular weight is 260 g/mol. The number of esters is 1. The zero-order valence-electron chi connectivity index (χ0n) is 10.8. The van der Waals surface area contributed by atoms with Gasteiger partial charge in [0.1, 0.15) is 12.4 Å². The molecule has 0 fully saturated rings. The second-order valence-electron chi connectivity index (χ2n) is 4.06. The van der Waals surface area contributed by atoms with E-state index in [2.05, 4.69) is 4.98 Å². The van der Waals surface area contributed by atoms with Gasteiger partial charge in [-0.25, -0.2) is 4.98 Å². The number of nitrogens with zero attached hydrogens (tertiary/aromatic N) is 2. The second kappa shape index (κ2) is 6.58. The molecule has 1 heterocycles. The van der Waals surface area contributed by atoms with Crippen molar-refractivity contribution in [2.75, 3.05) is 7.11 Å². The molecule has 0 aliphatic carbocycles. The van der Waals surface area contributed by atoms with E-state index < -0.39 is 0 Å². The van der Waals surface area contributed by atoms with Crippen molar-refractivity contribution in [1.29, 1.82) is 0 Å². The molecular formula is C14H16N2O3. The van der Waals surface area contributed by atoms with E-state index in [0.717, 1.165) is 11.3 Å². The Morgan fingerprint density at radius 3 is 2.74 bits per heavy atom. The lowest BCUT2D eigenvalue weighted by molar-refractivity contribution is -0.145. The number of hydrogen-bond acceptors (Lipinski definition) is 4. The normalized spacial score (nSPS) is 10.2. The first-order chi connectivity index (χ1) is 9.28. The van der Waals surface area contributed by atoms with Crippen LogP contribution in [0.1, 0.15) is 12.0 Å². The highest BCUT2D eigenvalue weighted by molar-refractivity contribution is 5.69. The molecule has 2 rings (SSSR count). The monoisotopic (exact) mass is 260 g/mol. The average Bonchev–Trinajstić information content (AvgIpc) is 2.96. The summed E-state index contributed by atoms with van der Waals surface area (Å²) in [5.74, 6) is 0.569. The Morgan fingerprint density at radius 1 is 1.32 bits per heavy atom. The molecule has 100 valence electrons. The molecule has 0 saturated carbocycles. The maximum atomic E-state index is 11.6. The van der Waals surface area contributed by atoms with Crippen molar-refractivity contribution >= 4 is 5.97 Å². The number of carbonyl (C=O) groups is 1. The van der Waals surface area contributed by atoms with E-state index in [-0.39, 0.29) is 12.6 Å².